The van der Waals surface area contributed by atoms with Gasteiger partial charge in [0.15, 0.2) is 5.75 Å². The van der Waals surface area contributed by atoms with Crippen LogP contribution in [-0.2, 0) is 15.9 Å². The Kier molecular flexibility index (Phi) is 3.30. The first kappa shape index (κ1) is 12.5. The summed E-state index contributed by atoms with van der Waals surface area (Å²) in [6, 6.07) is 6.82. The fourth-order valence-corrected chi connectivity index (χ4v) is 1.75. The monoisotopic (exact) mass is 270 g/mol. The molecular weight excluding hydrogens is 260 g/mol. The van der Waals surface area contributed by atoms with Gasteiger partial charge in [0.25, 0.3) is 10.1 Å². The van der Waals surface area contributed by atoms with Crippen molar-refractivity contribution < 1.29 is 22.1 Å². The molecule has 0 saturated heterocycles. The van der Waals surface area contributed by atoms with E-state index in [4.69, 9.17) is 13.7 Å². The summed E-state index contributed by atoms with van der Waals surface area (Å²) in [5.41, 5.74) is 0.630. The van der Waals surface area contributed by atoms with E-state index in [1.165, 1.54) is 0 Å². The van der Waals surface area contributed by atoms with Crippen LogP contribution in [-0.4, -0.2) is 30.3 Å². The summed E-state index contributed by atoms with van der Waals surface area (Å²) in [5.74, 6) is -0.00748. The van der Waals surface area contributed by atoms with E-state index in [0.29, 0.717) is 11.3 Å². The highest BCUT2D eigenvalue weighted by Crippen LogP contribution is 2.21. The molecule has 0 unspecified atom stereocenters. The summed E-state index contributed by atoms with van der Waals surface area (Å²) in [7, 11) is -2.63. The number of aromatic nitrogens is 2. The Balaban J connectivity index is 2.23. The lowest BCUT2D eigenvalue weighted by Gasteiger charge is -1.99. The van der Waals surface area contributed by atoms with Gasteiger partial charge in [-0.25, -0.2) is 0 Å². The summed E-state index contributed by atoms with van der Waals surface area (Å²) >= 11 is 0. The van der Waals surface area contributed by atoms with Gasteiger partial charge in [-0.15, -0.1) is 10.2 Å². The molecule has 0 aliphatic carbocycles. The molecule has 0 spiro atoms. The molecule has 18 heavy (non-hydrogen) atoms. The van der Waals surface area contributed by atoms with Crippen LogP contribution in [0, 0.1) is 0 Å². The van der Waals surface area contributed by atoms with Gasteiger partial charge in [0.2, 0.25) is 11.8 Å². The normalized spacial score (nSPS) is 11.4. The first-order valence-corrected chi connectivity index (χ1v) is 6.51. The van der Waals surface area contributed by atoms with Crippen molar-refractivity contribution in [2.45, 2.75) is 5.75 Å². The molecular formula is C10H10N2O5S. The molecule has 0 bridgehead atoms. The van der Waals surface area contributed by atoms with E-state index in [9.17, 15) is 8.42 Å². The Morgan fingerprint density at radius 3 is 2.50 bits per heavy atom. The number of hydrogen-bond donors (Lipinski definition) is 1. The Hall–Kier alpha value is -1.93. The zero-order chi connectivity index (χ0) is 13.2. The van der Waals surface area contributed by atoms with E-state index < -0.39 is 15.9 Å². The van der Waals surface area contributed by atoms with Gasteiger partial charge in [-0.2, -0.15) is 8.42 Å². The maximum Gasteiger partial charge on any atom is 0.273 e. The number of rotatable bonds is 4. The number of benzene rings is 1. The molecule has 0 atom stereocenters. The lowest BCUT2D eigenvalue weighted by atomic mass is 10.2. The SMILES string of the molecule is COc1ccc(-c2nnc(CS(=O)(=O)O)o2)cc1. The van der Waals surface area contributed by atoms with Crippen LogP contribution in [0.4, 0.5) is 0 Å². The minimum Gasteiger partial charge on any atom is -0.497 e. The van der Waals surface area contributed by atoms with Crippen molar-refractivity contribution >= 4 is 10.1 Å². The fourth-order valence-electron chi connectivity index (χ4n) is 1.32. The van der Waals surface area contributed by atoms with Crippen LogP contribution in [0.1, 0.15) is 5.89 Å². The average molecular weight is 270 g/mol. The van der Waals surface area contributed by atoms with Crippen LogP contribution in [0.3, 0.4) is 0 Å². The molecule has 2 rings (SSSR count). The highest BCUT2D eigenvalue weighted by molar-refractivity contribution is 7.84. The van der Waals surface area contributed by atoms with Crippen molar-refractivity contribution in [3.05, 3.63) is 30.2 Å². The molecule has 0 aliphatic rings. The van der Waals surface area contributed by atoms with E-state index in [-0.39, 0.29) is 11.8 Å². The van der Waals surface area contributed by atoms with E-state index in [0.717, 1.165) is 0 Å². The topological polar surface area (TPSA) is 103 Å². The Morgan fingerprint density at radius 1 is 1.28 bits per heavy atom. The summed E-state index contributed by atoms with van der Waals surface area (Å²) in [5, 5.41) is 7.23. The Bertz CT molecular complexity index is 633. The van der Waals surface area contributed by atoms with Gasteiger partial charge in [0.05, 0.1) is 7.11 Å². The van der Waals surface area contributed by atoms with Crippen molar-refractivity contribution in [2.24, 2.45) is 0 Å². The lowest BCUT2D eigenvalue weighted by Crippen LogP contribution is -2.01. The van der Waals surface area contributed by atoms with Crippen LogP contribution in [0.25, 0.3) is 11.5 Å². The third-order valence-electron chi connectivity index (χ3n) is 2.11. The largest absolute Gasteiger partial charge is 0.497 e. The number of methoxy groups -OCH3 is 1. The van der Waals surface area contributed by atoms with Gasteiger partial charge in [0.1, 0.15) is 5.75 Å². The Morgan fingerprint density at radius 2 is 1.94 bits per heavy atom. The zero-order valence-electron chi connectivity index (χ0n) is 9.40. The fraction of sp³-hybridized carbons (Fsp3) is 0.200. The third kappa shape index (κ3) is 3.05. The molecule has 1 N–H and O–H groups in total. The number of hydrogen-bond acceptors (Lipinski definition) is 6. The van der Waals surface area contributed by atoms with Crippen molar-refractivity contribution in [3.8, 4) is 17.2 Å². The van der Waals surface area contributed by atoms with Crippen LogP contribution < -0.4 is 4.74 Å². The second-order valence-corrected chi connectivity index (χ2v) is 4.91. The van der Waals surface area contributed by atoms with E-state index in [1.807, 2.05) is 0 Å². The minimum absolute atomic E-state index is 0.164. The van der Waals surface area contributed by atoms with E-state index >= 15 is 0 Å². The maximum atomic E-state index is 10.6. The van der Waals surface area contributed by atoms with Crippen LogP contribution in [0.15, 0.2) is 28.7 Å². The van der Waals surface area contributed by atoms with Crippen molar-refractivity contribution in [1.29, 1.82) is 0 Å². The third-order valence-corrected chi connectivity index (χ3v) is 2.72. The molecule has 2 aromatic rings. The molecule has 0 saturated carbocycles. The molecule has 1 aromatic heterocycles. The van der Waals surface area contributed by atoms with Gasteiger partial charge in [-0.1, -0.05) is 0 Å². The minimum atomic E-state index is -4.17. The quantitative estimate of drug-likeness (QED) is 0.830. The number of ether oxygens (including phenoxy) is 1. The van der Waals surface area contributed by atoms with Gasteiger partial charge in [0, 0.05) is 5.56 Å². The molecule has 96 valence electrons. The molecule has 7 nitrogen and oxygen atoms in total. The van der Waals surface area contributed by atoms with Gasteiger partial charge in [-0.05, 0) is 24.3 Å². The molecule has 1 aromatic carbocycles. The molecule has 0 radical (unpaired) electrons. The summed E-state index contributed by atoms with van der Waals surface area (Å²) < 4.78 is 40.0. The summed E-state index contributed by atoms with van der Waals surface area (Å²) in [4.78, 5) is 0. The van der Waals surface area contributed by atoms with Gasteiger partial charge >= 0.3 is 0 Å². The molecule has 0 amide bonds. The van der Waals surface area contributed by atoms with E-state index in [1.54, 1.807) is 31.4 Å². The van der Waals surface area contributed by atoms with Crippen LogP contribution in [0.2, 0.25) is 0 Å². The predicted molar refractivity (Wildman–Crippen MR) is 61.5 cm³/mol. The average Bonchev–Trinajstić information content (AvgIpc) is 2.75. The molecule has 0 fully saturated rings. The van der Waals surface area contributed by atoms with Crippen molar-refractivity contribution in [1.82, 2.24) is 10.2 Å². The predicted octanol–water partition coefficient (Wildman–Crippen LogP) is 1.13. The number of nitrogens with zero attached hydrogens (tertiary/aromatic N) is 2. The first-order valence-electron chi connectivity index (χ1n) is 4.90. The summed E-state index contributed by atoms with van der Waals surface area (Å²) in [6.45, 7) is 0. The summed E-state index contributed by atoms with van der Waals surface area (Å²) in [6.07, 6.45) is 0. The maximum absolute atomic E-state index is 10.6. The van der Waals surface area contributed by atoms with Crippen molar-refractivity contribution in [3.63, 3.8) is 0 Å². The second-order valence-electron chi connectivity index (χ2n) is 3.46. The van der Waals surface area contributed by atoms with E-state index in [2.05, 4.69) is 10.2 Å². The van der Waals surface area contributed by atoms with Gasteiger partial charge in [-0.3, -0.25) is 4.55 Å². The van der Waals surface area contributed by atoms with Gasteiger partial charge < -0.3 is 9.15 Å². The lowest BCUT2D eigenvalue weighted by molar-refractivity contribution is 0.415. The van der Waals surface area contributed by atoms with Crippen molar-refractivity contribution in [2.75, 3.05) is 7.11 Å². The van der Waals surface area contributed by atoms with Crippen LogP contribution in [0.5, 0.6) is 5.75 Å². The molecule has 0 aliphatic heterocycles. The zero-order valence-corrected chi connectivity index (χ0v) is 10.2. The second kappa shape index (κ2) is 4.75. The highest BCUT2D eigenvalue weighted by atomic mass is 32.2. The smallest absolute Gasteiger partial charge is 0.273 e. The molecule has 1 heterocycles. The molecule has 8 heteroatoms. The Labute approximate surface area is 103 Å². The van der Waals surface area contributed by atoms with Crippen LogP contribution >= 0.6 is 0 Å². The standard InChI is InChI=1S/C10H10N2O5S/c1-16-8-4-2-7(3-5-8)10-12-11-9(17-10)6-18(13,14)15/h2-5H,6H2,1H3,(H,13,14,15). The highest BCUT2D eigenvalue weighted by Gasteiger charge is 2.14. The first-order chi connectivity index (χ1) is 8.48.